The van der Waals surface area contributed by atoms with E-state index in [0.29, 0.717) is 18.3 Å². The molecule has 1 fully saturated rings. The fourth-order valence-corrected chi connectivity index (χ4v) is 2.79. The van der Waals surface area contributed by atoms with Crippen LogP contribution >= 0.6 is 0 Å². The van der Waals surface area contributed by atoms with Gasteiger partial charge in [-0.3, -0.25) is 4.79 Å². The summed E-state index contributed by atoms with van der Waals surface area (Å²) >= 11 is 0. The number of allylic oxidation sites excluding steroid dienone is 2. The number of hydrogen-bond donors (Lipinski definition) is 0. The second kappa shape index (κ2) is 4.08. The topological polar surface area (TPSA) is 26.3 Å². The summed E-state index contributed by atoms with van der Waals surface area (Å²) in [6.07, 6.45) is 9.04. The number of esters is 1. The van der Waals surface area contributed by atoms with Crippen LogP contribution in [0.5, 0.6) is 0 Å². The zero-order chi connectivity index (χ0) is 11.8. The van der Waals surface area contributed by atoms with Gasteiger partial charge in [-0.25, -0.2) is 0 Å². The maximum absolute atomic E-state index is 12.0. The van der Waals surface area contributed by atoms with Crippen LogP contribution in [-0.4, -0.2) is 11.6 Å². The Morgan fingerprint density at radius 2 is 2.25 bits per heavy atom. The molecule has 0 aliphatic heterocycles. The maximum Gasteiger partial charge on any atom is 0.310 e. The maximum atomic E-state index is 12.0. The minimum atomic E-state index is -0.412. The highest BCUT2D eigenvalue weighted by atomic mass is 16.6. The molecule has 0 spiro atoms. The number of hydrogen-bond acceptors (Lipinski definition) is 2. The normalized spacial score (nSPS) is 31.8. The lowest BCUT2D eigenvalue weighted by Gasteiger charge is -2.27. The molecule has 2 heteroatoms. The number of rotatable bonds is 4. The lowest BCUT2D eigenvalue weighted by atomic mass is 9.93. The molecule has 16 heavy (non-hydrogen) atoms. The Hall–Kier alpha value is -1.05. The lowest BCUT2D eigenvalue weighted by Crippen LogP contribution is -2.32. The molecule has 0 aromatic heterocycles. The minimum Gasteiger partial charge on any atom is -0.459 e. The smallest absolute Gasteiger partial charge is 0.310 e. The van der Waals surface area contributed by atoms with Gasteiger partial charge >= 0.3 is 5.97 Å². The summed E-state index contributed by atoms with van der Waals surface area (Å²) in [6, 6.07) is 0. The van der Waals surface area contributed by atoms with Crippen LogP contribution < -0.4 is 0 Å². The van der Waals surface area contributed by atoms with Crippen LogP contribution in [0.2, 0.25) is 0 Å². The van der Waals surface area contributed by atoms with Gasteiger partial charge in [-0.2, -0.15) is 0 Å². The molecule has 3 atom stereocenters. The summed E-state index contributed by atoms with van der Waals surface area (Å²) < 4.78 is 5.57. The average molecular weight is 220 g/mol. The molecule has 88 valence electrons. The Balaban J connectivity index is 1.94. The zero-order valence-corrected chi connectivity index (χ0v) is 10.1. The van der Waals surface area contributed by atoms with Crippen LogP contribution in [0.1, 0.15) is 33.1 Å². The summed E-state index contributed by atoms with van der Waals surface area (Å²) in [7, 11) is 0. The van der Waals surface area contributed by atoms with E-state index in [0.717, 1.165) is 12.8 Å². The van der Waals surface area contributed by atoms with E-state index in [-0.39, 0.29) is 11.9 Å². The van der Waals surface area contributed by atoms with E-state index in [1.54, 1.807) is 6.08 Å². The highest BCUT2D eigenvalue weighted by Gasteiger charge is 2.42. The third kappa shape index (κ3) is 2.21. The third-order valence-corrected chi connectivity index (χ3v) is 3.59. The molecule has 0 aromatic rings. The molecule has 3 unspecified atom stereocenters. The Morgan fingerprint density at radius 1 is 1.50 bits per heavy atom. The summed E-state index contributed by atoms with van der Waals surface area (Å²) in [5.41, 5.74) is -0.412. The Bertz CT molecular complexity index is 328. The van der Waals surface area contributed by atoms with Crippen molar-refractivity contribution in [2.45, 2.75) is 38.7 Å². The molecule has 0 amide bonds. The fraction of sp³-hybridized carbons (Fsp3) is 0.643. The Labute approximate surface area is 97.4 Å². The molecule has 1 saturated carbocycles. The molecule has 2 nitrogen and oxygen atoms in total. The van der Waals surface area contributed by atoms with Gasteiger partial charge < -0.3 is 4.74 Å². The van der Waals surface area contributed by atoms with Gasteiger partial charge in [0.2, 0.25) is 0 Å². The van der Waals surface area contributed by atoms with Crippen LogP contribution in [-0.2, 0) is 9.53 Å². The summed E-state index contributed by atoms with van der Waals surface area (Å²) in [4.78, 5) is 12.0. The predicted octanol–water partition coefficient (Wildman–Crippen LogP) is 3.10. The van der Waals surface area contributed by atoms with Gasteiger partial charge in [-0.1, -0.05) is 18.2 Å². The predicted molar refractivity (Wildman–Crippen MR) is 63.8 cm³/mol. The van der Waals surface area contributed by atoms with Crippen molar-refractivity contribution in [3.05, 3.63) is 24.8 Å². The first-order chi connectivity index (χ1) is 7.52. The third-order valence-electron chi connectivity index (χ3n) is 3.59. The molecular formula is C14H20O2. The quantitative estimate of drug-likeness (QED) is 0.537. The Morgan fingerprint density at radius 3 is 2.75 bits per heavy atom. The van der Waals surface area contributed by atoms with Gasteiger partial charge in [0.1, 0.15) is 5.60 Å². The van der Waals surface area contributed by atoms with E-state index in [1.165, 1.54) is 0 Å². The largest absolute Gasteiger partial charge is 0.459 e. The monoisotopic (exact) mass is 220 g/mol. The second-order valence-electron chi connectivity index (χ2n) is 5.56. The number of fused-ring (bicyclic) bond motifs is 2. The number of carbonyl (C=O) groups excluding carboxylic acids is 1. The van der Waals surface area contributed by atoms with Crippen molar-refractivity contribution in [3.63, 3.8) is 0 Å². The second-order valence-corrected chi connectivity index (χ2v) is 5.56. The standard InChI is InChI=1S/C14H20O2/c1-4-7-14(2,3)16-13(15)12-9-10-5-6-11(12)8-10/h4-6,10-12H,1,7-9H2,2-3H3. The van der Waals surface area contributed by atoms with Crippen molar-refractivity contribution in [2.75, 3.05) is 0 Å². The summed E-state index contributed by atoms with van der Waals surface area (Å²) in [6.45, 7) is 7.57. The van der Waals surface area contributed by atoms with Crippen molar-refractivity contribution < 1.29 is 9.53 Å². The SMILES string of the molecule is C=CCC(C)(C)OC(=O)C1CC2C=CC1C2. The van der Waals surface area contributed by atoms with E-state index >= 15 is 0 Å². The van der Waals surface area contributed by atoms with Gasteiger partial charge in [0.25, 0.3) is 0 Å². The van der Waals surface area contributed by atoms with Gasteiger partial charge in [0, 0.05) is 6.42 Å². The van der Waals surface area contributed by atoms with Crippen LogP contribution in [0.25, 0.3) is 0 Å². The lowest BCUT2D eigenvalue weighted by molar-refractivity contribution is -0.162. The first-order valence-corrected chi connectivity index (χ1v) is 6.04. The first-order valence-electron chi connectivity index (χ1n) is 6.04. The van der Waals surface area contributed by atoms with Gasteiger partial charge in [0.15, 0.2) is 0 Å². The van der Waals surface area contributed by atoms with Gasteiger partial charge in [-0.15, -0.1) is 6.58 Å². The van der Waals surface area contributed by atoms with Crippen molar-refractivity contribution >= 4 is 5.97 Å². The van der Waals surface area contributed by atoms with Crippen molar-refractivity contribution in [1.29, 1.82) is 0 Å². The molecule has 0 N–H and O–H groups in total. The molecule has 2 aliphatic carbocycles. The van der Waals surface area contributed by atoms with Gasteiger partial charge in [-0.05, 0) is 38.5 Å². The van der Waals surface area contributed by atoms with E-state index in [2.05, 4.69) is 18.7 Å². The van der Waals surface area contributed by atoms with E-state index < -0.39 is 5.60 Å². The molecule has 2 rings (SSSR count). The van der Waals surface area contributed by atoms with Crippen LogP contribution in [0, 0.1) is 17.8 Å². The van der Waals surface area contributed by atoms with E-state index in [4.69, 9.17) is 4.74 Å². The van der Waals surface area contributed by atoms with Crippen molar-refractivity contribution in [3.8, 4) is 0 Å². The molecule has 2 bridgehead atoms. The van der Waals surface area contributed by atoms with Crippen LogP contribution in [0.15, 0.2) is 24.8 Å². The zero-order valence-electron chi connectivity index (χ0n) is 10.1. The molecule has 0 heterocycles. The Kier molecular flexibility index (Phi) is 2.92. The van der Waals surface area contributed by atoms with E-state index in [9.17, 15) is 4.79 Å². The highest BCUT2D eigenvalue weighted by molar-refractivity contribution is 5.74. The van der Waals surface area contributed by atoms with Crippen molar-refractivity contribution in [2.24, 2.45) is 17.8 Å². The summed E-state index contributed by atoms with van der Waals surface area (Å²) in [5.74, 6) is 1.12. The van der Waals surface area contributed by atoms with Crippen LogP contribution in [0.3, 0.4) is 0 Å². The number of ether oxygens (including phenoxy) is 1. The van der Waals surface area contributed by atoms with Crippen molar-refractivity contribution in [1.82, 2.24) is 0 Å². The minimum absolute atomic E-state index is 0.0244. The molecule has 0 aromatic carbocycles. The van der Waals surface area contributed by atoms with Gasteiger partial charge in [0.05, 0.1) is 5.92 Å². The highest BCUT2D eigenvalue weighted by Crippen LogP contribution is 2.44. The molecule has 2 aliphatic rings. The molecule has 0 saturated heterocycles. The first kappa shape index (κ1) is 11.4. The fourth-order valence-electron chi connectivity index (χ4n) is 2.79. The number of carbonyl (C=O) groups is 1. The molecule has 0 radical (unpaired) electrons. The summed E-state index contributed by atoms with van der Waals surface area (Å²) in [5, 5.41) is 0. The molecular weight excluding hydrogens is 200 g/mol. The average Bonchev–Trinajstić information content (AvgIpc) is 2.77. The van der Waals surface area contributed by atoms with E-state index in [1.807, 2.05) is 13.8 Å². The van der Waals surface area contributed by atoms with Crippen LogP contribution in [0.4, 0.5) is 0 Å².